The topological polar surface area (TPSA) is 139 Å². The Morgan fingerprint density at radius 2 is 2.05 bits per heavy atom. The molecule has 5 N–H and O–H groups in total. The van der Waals surface area contributed by atoms with E-state index in [1.165, 1.54) is 0 Å². The van der Waals surface area contributed by atoms with E-state index in [-0.39, 0.29) is 18.6 Å². The second-order valence-corrected chi connectivity index (χ2v) is 10.5. The molecule has 11 heteroatoms. The Morgan fingerprint density at radius 3 is 2.85 bits per heavy atom. The quantitative estimate of drug-likeness (QED) is 0.208. The Balaban J connectivity index is 1.14. The number of fused-ring (bicyclic) bond motifs is 1. The molecule has 1 saturated heterocycles. The highest BCUT2D eigenvalue weighted by atomic mass is 16.5. The zero-order valence-corrected chi connectivity index (χ0v) is 23.3. The minimum absolute atomic E-state index is 0.0242. The number of carbonyl (C=O) groups excluding carboxylic acids is 1. The molecule has 1 fully saturated rings. The number of hydrogen-bond donors (Lipinski definition) is 4. The third kappa shape index (κ3) is 5.71. The van der Waals surface area contributed by atoms with Crippen LogP contribution in [0.25, 0.3) is 22.2 Å². The van der Waals surface area contributed by atoms with Crippen molar-refractivity contribution in [2.45, 2.75) is 26.4 Å². The van der Waals surface area contributed by atoms with Gasteiger partial charge < -0.3 is 26.1 Å². The number of nitrogens with zero attached hydrogens (tertiary/aromatic N) is 5. The second-order valence-electron chi connectivity index (χ2n) is 10.5. The lowest BCUT2D eigenvalue weighted by molar-refractivity contribution is -0.117. The molecule has 4 heterocycles. The monoisotopic (exact) mass is 551 g/mol. The van der Waals surface area contributed by atoms with Gasteiger partial charge in [-0.25, -0.2) is 9.97 Å². The van der Waals surface area contributed by atoms with E-state index >= 15 is 0 Å². The summed E-state index contributed by atoms with van der Waals surface area (Å²) in [5.74, 6) is 1.83. The molecular formula is C30H33N9O2. The zero-order chi connectivity index (χ0) is 28.5. The number of H-pyrrole nitrogens is 1. The fourth-order valence-corrected chi connectivity index (χ4v) is 5.18. The maximum Gasteiger partial charge on any atom is 0.238 e. The number of para-hydroxylation sites is 1. The van der Waals surface area contributed by atoms with Crippen LogP contribution >= 0.6 is 0 Å². The van der Waals surface area contributed by atoms with Crippen LogP contribution in [-0.2, 0) is 11.8 Å². The summed E-state index contributed by atoms with van der Waals surface area (Å²) >= 11 is 0. The van der Waals surface area contributed by atoms with Gasteiger partial charge in [-0.2, -0.15) is 5.10 Å². The van der Waals surface area contributed by atoms with E-state index < -0.39 is 0 Å². The molecule has 3 aromatic heterocycles. The summed E-state index contributed by atoms with van der Waals surface area (Å²) in [5, 5.41) is 11.7. The Labute approximate surface area is 237 Å². The van der Waals surface area contributed by atoms with Gasteiger partial charge in [0, 0.05) is 67.0 Å². The smallest absolute Gasteiger partial charge is 0.238 e. The average molecular weight is 552 g/mol. The standard InChI is InChI=1S/C30H33N9O2/c1-18-14-33-30(35-26-12-19(2)38(3)37-26)36-28(18)24-15-32-29-23(24)8-5-9-25(29)34-27(40)17-39-11-10-22(16-39)41-21-7-4-6-20(31)13-21/h4-9,12-15,22,32H,10-11,16-17,31H2,1-3H3,(H,34,40)(H,33,35,36,37). The van der Waals surface area contributed by atoms with Crippen molar-refractivity contribution >= 4 is 40.0 Å². The first-order valence-electron chi connectivity index (χ1n) is 13.6. The van der Waals surface area contributed by atoms with Gasteiger partial charge in [-0.05, 0) is 44.0 Å². The van der Waals surface area contributed by atoms with E-state index in [4.69, 9.17) is 15.5 Å². The lowest BCUT2D eigenvalue weighted by Gasteiger charge is -2.17. The molecule has 0 bridgehead atoms. The largest absolute Gasteiger partial charge is 0.489 e. The van der Waals surface area contributed by atoms with Crippen LogP contribution in [-0.4, -0.2) is 61.3 Å². The highest BCUT2D eigenvalue weighted by molar-refractivity contribution is 6.06. The lowest BCUT2D eigenvalue weighted by atomic mass is 10.1. The minimum atomic E-state index is -0.0754. The molecule has 0 saturated carbocycles. The van der Waals surface area contributed by atoms with E-state index in [9.17, 15) is 4.79 Å². The second kappa shape index (κ2) is 10.9. The molecule has 1 atom stereocenters. The van der Waals surface area contributed by atoms with Crippen molar-refractivity contribution in [1.82, 2.24) is 29.6 Å². The summed E-state index contributed by atoms with van der Waals surface area (Å²) < 4.78 is 7.86. The summed E-state index contributed by atoms with van der Waals surface area (Å²) in [6, 6.07) is 15.2. The number of benzene rings is 2. The van der Waals surface area contributed by atoms with Crippen molar-refractivity contribution in [3.05, 3.63) is 72.2 Å². The maximum atomic E-state index is 13.0. The van der Waals surface area contributed by atoms with Crippen LogP contribution in [0.5, 0.6) is 5.75 Å². The Kier molecular flexibility index (Phi) is 7.02. The molecule has 1 unspecified atom stereocenters. The third-order valence-corrected chi connectivity index (χ3v) is 7.33. The number of hydrogen-bond acceptors (Lipinski definition) is 8. The Hall–Kier alpha value is -4.90. The van der Waals surface area contributed by atoms with Gasteiger partial charge in [-0.1, -0.05) is 18.2 Å². The van der Waals surface area contributed by atoms with E-state index in [2.05, 4.69) is 30.6 Å². The number of anilines is 4. The zero-order valence-electron chi connectivity index (χ0n) is 23.3. The summed E-state index contributed by atoms with van der Waals surface area (Å²) in [6.07, 6.45) is 4.59. The number of likely N-dealkylation sites (tertiary alicyclic amines) is 1. The molecule has 0 radical (unpaired) electrons. The average Bonchev–Trinajstić information content (AvgIpc) is 3.64. The van der Waals surface area contributed by atoms with Crippen LogP contribution < -0.4 is 21.1 Å². The summed E-state index contributed by atoms with van der Waals surface area (Å²) in [7, 11) is 1.89. The number of nitrogens with one attached hydrogen (secondary N) is 3. The minimum Gasteiger partial charge on any atom is -0.489 e. The van der Waals surface area contributed by atoms with Crippen LogP contribution in [0.1, 0.15) is 17.7 Å². The van der Waals surface area contributed by atoms with Crippen molar-refractivity contribution in [3.8, 4) is 17.0 Å². The van der Waals surface area contributed by atoms with Crippen LogP contribution in [0.4, 0.5) is 23.1 Å². The molecule has 5 aromatic rings. The van der Waals surface area contributed by atoms with Gasteiger partial charge in [0.05, 0.1) is 23.4 Å². The molecule has 11 nitrogen and oxygen atoms in total. The number of rotatable bonds is 8. The molecule has 0 spiro atoms. The molecule has 6 rings (SSSR count). The van der Waals surface area contributed by atoms with Crippen molar-refractivity contribution in [2.75, 3.05) is 36.0 Å². The van der Waals surface area contributed by atoms with E-state index in [0.29, 0.717) is 24.0 Å². The van der Waals surface area contributed by atoms with Crippen LogP contribution in [0, 0.1) is 13.8 Å². The molecular weight excluding hydrogens is 518 g/mol. The lowest BCUT2D eigenvalue weighted by Crippen LogP contribution is -2.33. The summed E-state index contributed by atoms with van der Waals surface area (Å²) in [5.41, 5.74) is 11.8. The number of nitrogens with two attached hydrogens (primary N) is 1. The molecule has 1 aliphatic rings. The van der Waals surface area contributed by atoms with Gasteiger partial charge >= 0.3 is 0 Å². The fraction of sp³-hybridized carbons (Fsp3) is 0.267. The van der Waals surface area contributed by atoms with Gasteiger partial charge in [0.25, 0.3) is 0 Å². The van der Waals surface area contributed by atoms with E-state index in [0.717, 1.165) is 57.8 Å². The first-order chi connectivity index (χ1) is 19.8. The highest BCUT2D eigenvalue weighted by Crippen LogP contribution is 2.33. The van der Waals surface area contributed by atoms with Crippen molar-refractivity contribution < 1.29 is 9.53 Å². The maximum absolute atomic E-state index is 13.0. The van der Waals surface area contributed by atoms with Gasteiger partial charge in [0.2, 0.25) is 11.9 Å². The molecule has 0 aliphatic carbocycles. The molecule has 210 valence electrons. The molecule has 41 heavy (non-hydrogen) atoms. The first-order valence-corrected chi connectivity index (χ1v) is 13.6. The van der Waals surface area contributed by atoms with Gasteiger partial charge in [0.1, 0.15) is 11.9 Å². The van der Waals surface area contributed by atoms with Crippen molar-refractivity contribution in [3.63, 3.8) is 0 Å². The number of aryl methyl sites for hydroxylation is 3. The summed E-state index contributed by atoms with van der Waals surface area (Å²) in [4.78, 5) is 27.7. The Bertz CT molecular complexity index is 1710. The molecule has 1 amide bonds. The van der Waals surface area contributed by atoms with Crippen LogP contribution in [0.2, 0.25) is 0 Å². The SMILES string of the molecule is Cc1cnc(Nc2cc(C)n(C)n2)nc1-c1c[nH]c2c(NC(=O)CN3CCC(Oc4cccc(N)c4)C3)cccc12. The number of ether oxygens (including phenoxy) is 1. The van der Waals surface area contributed by atoms with Crippen LogP contribution in [0.3, 0.4) is 0 Å². The normalized spacial score (nSPS) is 15.3. The van der Waals surface area contributed by atoms with Gasteiger partial charge in [-0.3, -0.25) is 14.4 Å². The molecule has 2 aromatic carbocycles. The van der Waals surface area contributed by atoms with E-state index in [1.54, 1.807) is 10.9 Å². The van der Waals surface area contributed by atoms with E-state index in [1.807, 2.05) is 75.6 Å². The van der Waals surface area contributed by atoms with Crippen molar-refractivity contribution in [1.29, 1.82) is 0 Å². The predicted molar refractivity (Wildman–Crippen MR) is 160 cm³/mol. The number of carbonyl (C=O) groups is 1. The summed E-state index contributed by atoms with van der Waals surface area (Å²) in [6.45, 7) is 5.72. The molecule has 1 aliphatic heterocycles. The van der Waals surface area contributed by atoms with Gasteiger partial charge in [-0.15, -0.1) is 0 Å². The number of nitrogen functional groups attached to an aromatic ring is 1. The number of aromatic nitrogens is 5. The number of aromatic amines is 1. The Morgan fingerprint density at radius 1 is 1.20 bits per heavy atom. The third-order valence-electron chi connectivity index (χ3n) is 7.33. The highest BCUT2D eigenvalue weighted by Gasteiger charge is 2.26. The predicted octanol–water partition coefficient (Wildman–Crippen LogP) is 4.39. The fourth-order valence-electron chi connectivity index (χ4n) is 5.18. The van der Waals surface area contributed by atoms with Gasteiger partial charge in [0.15, 0.2) is 5.82 Å². The number of amides is 1. The first kappa shape index (κ1) is 26.3. The van der Waals surface area contributed by atoms with Crippen molar-refractivity contribution in [2.24, 2.45) is 7.05 Å². The van der Waals surface area contributed by atoms with Crippen LogP contribution in [0.15, 0.2) is 60.9 Å².